The predicted octanol–water partition coefficient (Wildman–Crippen LogP) is 3.66. The molecule has 1 aromatic heterocycles. The van der Waals surface area contributed by atoms with Crippen LogP contribution in [0.2, 0.25) is 0 Å². The summed E-state index contributed by atoms with van der Waals surface area (Å²) in [7, 11) is 0. The molecule has 1 aromatic rings. The van der Waals surface area contributed by atoms with E-state index in [2.05, 4.69) is 54.8 Å². The summed E-state index contributed by atoms with van der Waals surface area (Å²) < 4.78 is 2.07. The molecule has 1 fully saturated rings. The summed E-state index contributed by atoms with van der Waals surface area (Å²) in [6.07, 6.45) is 8.53. The number of nitrogens with one attached hydrogen (secondary N) is 1. The second-order valence-corrected chi connectivity index (χ2v) is 7.40. The lowest BCUT2D eigenvalue weighted by Gasteiger charge is -2.30. The molecule has 0 spiro atoms. The maximum absolute atomic E-state index is 4.72. The monoisotopic (exact) mass is 295 g/mol. The van der Waals surface area contributed by atoms with E-state index in [1.54, 1.807) is 0 Å². The zero-order valence-electron chi connectivity index (χ0n) is 13.1. The maximum atomic E-state index is 4.72. The Bertz CT molecular complexity index is 383. The van der Waals surface area contributed by atoms with Crippen molar-refractivity contribution in [3.63, 3.8) is 0 Å². The fourth-order valence-corrected chi connectivity index (χ4v) is 4.18. The summed E-state index contributed by atoms with van der Waals surface area (Å²) in [5.74, 6) is 1.33. The van der Waals surface area contributed by atoms with Crippen LogP contribution in [0.25, 0.3) is 0 Å². The lowest BCUT2D eigenvalue weighted by Crippen LogP contribution is -2.41. The quantitative estimate of drug-likeness (QED) is 0.832. The van der Waals surface area contributed by atoms with Gasteiger partial charge in [-0.1, -0.05) is 13.3 Å². The van der Waals surface area contributed by atoms with Crippen molar-refractivity contribution in [2.24, 2.45) is 0 Å². The van der Waals surface area contributed by atoms with Gasteiger partial charge in [0.2, 0.25) is 0 Å². The largest absolute Gasteiger partial charge is 0.312 e. The van der Waals surface area contributed by atoms with Gasteiger partial charge in [0.05, 0.1) is 5.69 Å². The minimum absolute atomic E-state index is 0.454. The molecule has 2 atom stereocenters. The second kappa shape index (κ2) is 8.08. The molecule has 0 saturated carbocycles. The Morgan fingerprint density at radius 3 is 2.90 bits per heavy atom. The van der Waals surface area contributed by atoms with Gasteiger partial charge < -0.3 is 5.32 Å². The number of thioether (sulfide) groups is 1. The highest BCUT2D eigenvalue weighted by molar-refractivity contribution is 8.00. The van der Waals surface area contributed by atoms with Crippen molar-refractivity contribution in [3.8, 4) is 0 Å². The first kappa shape index (κ1) is 15.9. The van der Waals surface area contributed by atoms with E-state index in [0.29, 0.717) is 12.1 Å². The molecule has 1 saturated heterocycles. The maximum Gasteiger partial charge on any atom is 0.0640 e. The van der Waals surface area contributed by atoms with Crippen molar-refractivity contribution in [2.75, 3.05) is 12.3 Å². The van der Waals surface area contributed by atoms with Crippen LogP contribution in [-0.4, -0.2) is 33.4 Å². The predicted molar refractivity (Wildman–Crippen MR) is 88.5 cm³/mol. The lowest BCUT2D eigenvalue weighted by atomic mass is 10.0. The smallest absolute Gasteiger partial charge is 0.0640 e. The van der Waals surface area contributed by atoms with Gasteiger partial charge in [0.15, 0.2) is 0 Å². The van der Waals surface area contributed by atoms with Crippen molar-refractivity contribution < 1.29 is 0 Å². The van der Waals surface area contributed by atoms with Crippen molar-refractivity contribution in [1.82, 2.24) is 15.1 Å². The van der Waals surface area contributed by atoms with Gasteiger partial charge in [0, 0.05) is 30.0 Å². The molecule has 2 heterocycles. The normalized spacial score (nSPS) is 21.3. The summed E-state index contributed by atoms with van der Waals surface area (Å²) >= 11 is 2.16. The average molecular weight is 295 g/mol. The molecule has 20 heavy (non-hydrogen) atoms. The van der Waals surface area contributed by atoms with E-state index in [1.807, 2.05) is 0 Å². The molecule has 1 N–H and O–H groups in total. The summed E-state index contributed by atoms with van der Waals surface area (Å²) in [5.41, 5.74) is 1.23. The average Bonchev–Trinajstić information content (AvgIpc) is 2.93. The third-order valence-corrected chi connectivity index (χ3v) is 5.46. The molecule has 0 radical (unpaired) electrons. The fraction of sp³-hybridized carbons (Fsp3) is 0.812. The van der Waals surface area contributed by atoms with Gasteiger partial charge in [0.25, 0.3) is 0 Å². The van der Waals surface area contributed by atoms with E-state index < -0.39 is 0 Å². The number of rotatable bonds is 7. The summed E-state index contributed by atoms with van der Waals surface area (Å²) in [6.45, 7) is 7.72. The highest BCUT2D eigenvalue weighted by Crippen LogP contribution is 2.29. The molecule has 1 aliphatic rings. The van der Waals surface area contributed by atoms with Crippen molar-refractivity contribution in [2.45, 2.75) is 70.2 Å². The lowest BCUT2D eigenvalue weighted by molar-refractivity contribution is 0.452. The number of aromatic nitrogens is 2. The van der Waals surface area contributed by atoms with Gasteiger partial charge in [-0.25, -0.2) is 0 Å². The molecule has 0 aliphatic carbocycles. The molecule has 0 amide bonds. The van der Waals surface area contributed by atoms with E-state index in [1.165, 1.54) is 37.1 Å². The second-order valence-electron chi connectivity index (χ2n) is 6.05. The van der Waals surface area contributed by atoms with E-state index in [0.717, 1.165) is 18.2 Å². The van der Waals surface area contributed by atoms with E-state index in [9.17, 15) is 0 Å². The Hall–Kier alpha value is -0.480. The SMILES string of the molecule is CCCNC(Cc1ccn(C(C)C)n1)C1CCCCS1. The molecule has 1 aliphatic heterocycles. The minimum atomic E-state index is 0.454. The zero-order valence-corrected chi connectivity index (χ0v) is 14.0. The summed E-state index contributed by atoms with van der Waals surface area (Å²) in [6, 6.07) is 3.22. The molecule has 0 bridgehead atoms. The molecule has 0 aromatic carbocycles. The van der Waals surface area contributed by atoms with Gasteiger partial charge >= 0.3 is 0 Å². The number of hydrogen-bond donors (Lipinski definition) is 1. The van der Waals surface area contributed by atoms with E-state index in [-0.39, 0.29) is 0 Å². The van der Waals surface area contributed by atoms with Crippen LogP contribution in [0.15, 0.2) is 12.3 Å². The first-order valence-corrected chi connectivity index (χ1v) is 9.14. The number of hydrogen-bond acceptors (Lipinski definition) is 3. The Morgan fingerprint density at radius 2 is 2.30 bits per heavy atom. The molecule has 2 rings (SSSR count). The Labute approximate surface area is 127 Å². The fourth-order valence-electron chi connectivity index (χ4n) is 2.75. The van der Waals surface area contributed by atoms with Crippen LogP contribution in [0.5, 0.6) is 0 Å². The Balaban J connectivity index is 1.97. The van der Waals surface area contributed by atoms with Gasteiger partial charge in [0.1, 0.15) is 0 Å². The Morgan fingerprint density at radius 1 is 1.45 bits per heavy atom. The molecular weight excluding hydrogens is 266 g/mol. The molecule has 114 valence electrons. The summed E-state index contributed by atoms with van der Waals surface area (Å²) in [5, 5.41) is 9.24. The van der Waals surface area contributed by atoms with Gasteiger partial charge in [-0.3, -0.25) is 4.68 Å². The molecule has 2 unspecified atom stereocenters. The highest BCUT2D eigenvalue weighted by Gasteiger charge is 2.24. The van der Waals surface area contributed by atoms with Gasteiger partial charge in [-0.05, 0) is 51.5 Å². The van der Waals surface area contributed by atoms with Crippen LogP contribution in [0.1, 0.15) is 58.2 Å². The van der Waals surface area contributed by atoms with Gasteiger partial charge in [-0.2, -0.15) is 16.9 Å². The molecule has 3 nitrogen and oxygen atoms in total. The van der Waals surface area contributed by atoms with Crippen molar-refractivity contribution in [1.29, 1.82) is 0 Å². The van der Waals surface area contributed by atoms with Gasteiger partial charge in [-0.15, -0.1) is 0 Å². The highest BCUT2D eigenvalue weighted by atomic mass is 32.2. The third kappa shape index (κ3) is 4.52. The van der Waals surface area contributed by atoms with E-state index >= 15 is 0 Å². The topological polar surface area (TPSA) is 29.9 Å². The van der Waals surface area contributed by atoms with E-state index in [4.69, 9.17) is 5.10 Å². The van der Waals surface area contributed by atoms with Crippen LogP contribution in [0, 0.1) is 0 Å². The van der Waals surface area contributed by atoms with Crippen LogP contribution < -0.4 is 5.32 Å². The standard InChI is InChI=1S/C16H29N3S/c1-4-9-17-15(16-7-5-6-11-20-16)12-14-8-10-19(18-14)13(2)3/h8,10,13,15-17H,4-7,9,11-12H2,1-3H3. The summed E-state index contributed by atoms with van der Waals surface area (Å²) in [4.78, 5) is 0. The van der Waals surface area contributed by atoms with Crippen LogP contribution in [-0.2, 0) is 6.42 Å². The molecule has 4 heteroatoms. The zero-order chi connectivity index (χ0) is 14.4. The first-order chi connectivity index (χ1) is 9.70. The number of nitrogens with zero attached hydrogens (tertiary/aromatic N) is 2. The van der Waals surface area contributed by atoms with Crippen molar-refractivity contribution in [3.05, 3.63) is 18.0 Å². The van der Waals surface area contributed by atoms with Crippen molar-refractivity contribution >= 4 is 11.8 Å². The van der Waals surface area contributed by atoms with Crippen LogP contribution >= 0.6 is 11.8 Å². The third-order valence-electron chi connectivity index (χ3n) is 3.94. The minimum Gasteiger partial charge on any atom is -0.312 e. The molecular formula is C16H29N3S. The van der Waals surface area contributed by atoms with Crippen LogP contribution in [0.3, 0.4) is 0 Å². The van der Waals surface area contributed by atoms with Crippen LogP contribution in [0.4, 0.5) is 0 Å². The first-order valence-electron chi connectivity index (χ1n) is 8.09. The Kier molecular flexibility index (Phi) is 6.43.